The van der Waals surface area contributed by atoms with Crippen molar-refractivity contribution in [3.63, 3.8) is 0 Å². The molecular weight excluding hydrogens is 286 g/mol. The Balaban J connectivity index is 1.69. The van der Waals surface area contributed by atoms with Gasteiger partial charge in [0.2, 0.25) is 0 Å². The minimum Gasteiger partial charge on any atom is -0.452 e. The van der Waals surface area contributed by atoms with Gasteiger partial charge >= 0.3 is 5.97 Å². The van der Waals surface area contributed by atoms with Crippen LogP contribution in [-0.4, -0.2) is 29.8 Å². The van der Waals surface area contributed by atoms with Crippen molar-refractivity contribution in [1.82, 2.24) is 5.32 Å². The fourth-order valence-corrected chi connectivity index (χ4v) is 3.03. The molecule has 1 amide bonds. The predicted molar refractivity (Wildman–Crippen MR) is 83.1 cm³/mol. The monoisotopic (exact) mass is 307 g/mol. The summed E-state index contributed by atoms with van der Waals surface area (Å²) in [5.74, 6) is -0.344. The molecule has 0 unspecified atom stereocenters. The molecule has 5 heteroatoms. The van der Waals surface area contributed by atoms with Gasteiger partial charge in [-0.3, -0.25) is 9.59 Å². The maximum atomic E-state index is 11.9. The molecular formula is C16H21NO3S. The van der Waals surface area contributed by atoms with E-state index in [1.165, 1.54) is 11.8 Å². The molecule has 0 spiro atoms. The number of rotatable bonds is 6. The van der Waals surface area contributed by atoms with Gasteiger partial charge in [0.15, 0.2) is 6.10 Å². The summed E-state index contributed by atoms with van der Waals surface area (Å²) in [5.41, 5.74) is 0. The summed E-state index contributed by atoms with van der Waals surface area (Å²) in [5, 5.41) is 2.93. The molecule has 4 nitrogen and oxygen atoms in total. The summed E-state index contributed by atoms with van der Waals surface area (Å²) in [7, 11) is 0. The van der Waals surface area contributed by atoms with E-state index in [1.807, 2.05) is 30.3 Å². The van der Waals surface area contributed by atoms with Gasteiger partial charge in [-0.05, 0) is 31.9 Å². The number of carbonyl (C=O) groups is 2. The zero-order valence-electron chi connectivity index (χ0n) is 12.2. The lowest BCUT2D eigenvalue weighted by Crippen LogP contribution is -2.41. The van der Waals surface area contributed by atoms with Crippen LogP contribution in [0.4, 0.5) is 0 Å². The number of hydrogen-bond donors (Lipinski definition) is 1. The summed E-state index contributed by atoms with van der Waals surface area (Å²) in [6, 6.07) is 9.90. The van der Waals surface area contributed by atoms with Crippen LogP contribution in [-0.2, 0) is 14.3 Å². The number of amides is 1. The largest absolute Gasteiger partial charge is 0.452 e. The van der Waals surface area contributed by atoms with Crippen molar-refractivity contribution >= 4 is 23.6 Å². The molecule has 1 aliphatic rings. The maximum absolute atomic E-state index is 11.9. The lowest BCUT2D eigenvalue weighted by atomic mass is 10.2. The van der Waals surface area contributed by atoms with Crippen molar-refractivity contribution in [1.29, 1.82) is 0 Å². The van der Waals surface area contributed by atoms with Gasteiger partial charge in [-0.15, -0.1) is 11.8 Å². The summed E-state index contributed by atoms with van der Waals surface area (Å²) in [6.45, 7) is 1.62. The minimum atomic E-state index is -0.727. The van der Waals surface area contributed by atoms with Crippen LogP contribution < -0.4 is 5.32 Å². The molecule has 1 saturated carbocycles. The zero-order chi connectivity index (χ0) is 15.1. The van der Waals surface area contributed by atoms with Crippen molar-refractivity contribution in [3.05, 3.63) is 30.3 Å². The smallest absolute Gasteiger partial charge is 0.317 e. The number of ether oxygens (including phenoxy) is 1. The number of hydrogen-bond acceptors (Lipinski definition) is 4. The second-order valence-electron chi connectivity index (χ2n) is 5.22. The average molecular weight is 307 g/mol. The molecule has 0 saturated heterocycles. The number of nitrogens with one attached hydrogen (secondary N) is 1. The van der Waals surface area contributed by atoms with E-state index in [0.29, 0.717) is 0 Å². The van der Waals surface area contributed by atoms with E-state index < -0.39 is 6.10 Å². The molecule has 1 aromatic carbocycles. The first-order chi connectivity index (χ1) is 10.1. The third kappa shape index (κ3) is 5.42. The first kappa shape index (κ1) is 15.9. The molecule has 0 aromatic heterocycles. The molecule has 1 aromatic rings. The maximum Gasteiger partial charge on any atom is 0.317 e. The minimum absolute atomic E-state index is 0.194. The lowest BCUT2D eigenvalue weighted by molar-refractivity contribution is -0.152. The van der Waals surface area contributed by atoms with Crippen LogP contribution in [0.25, 0.3) is 0 Å². The third-order valence-corrected chi connectivity index (χ3v) is 4.46. The van der Waals surface area contributed by atoms with E-state index >= 15 is 0 Å². The first-order valence-electron chi connectivity index (χ1n) is 7.33. The van der Waals surface area contributed by atoms with E-state index in [4.69, 9.17) is 4.74 Å². The Labute approximate surface area is 129 Å². The SMILES string of the molecule is C[C@@H](OC(=O)CSc1ccccc1)C(=O)NC1CCCC1. The Hall–Kier alpha value is -1.49. The van der Waals surface area contributed by atoms with Gasteiger partial charge in [0, 0.05) is 10.9 Å². The molecule has 1 atom stereocenters. The van der Waals surface area contributed by atoms with E-state index in [1.54, 1.807) is 6.92 Å². The number of esters is 1. The molecule has 0 heterocycles. The van der Waals surface area contributed by atoms with Gasteiger partial charge in [-0.25, -0.2) is 0 Å². The Morgan fingerprint density at radius 2 is 1.95 bits per heavy atom. The fourth-order valence-electron chi connectivity index (χ4n) is 2.33. The molecule has 1 fully saturated rings. The van der Waals surface area contributed by atoms with Gasteiger partial charge in [-0.2, -0.15) is 0 Å². The Morgan fingerprint density at radius 1 is 1.29 bits per heavy atom. The quantitative estimate of drug-likeness (QED) is 0.648. The molecule has 21 heavy (non-hydrogen) atoms. The van der Waals surface area contributed by atoms with E-state index in [2.05, 4.69) is 5.32 Å². The summed E-state index contributed by atoms with van der Waals surface area (Å²) in [6.07, 6.45) is 3.64. The molecule has 0 aliphatic heterocycles. The van der Waals surface area contributed by atoms with Crippen molar-refractivity contribution in [3.8, 4) is 0 Å². The van der Waals surface area contributed by atoms with Gasteiger partial charge in [0.05, 0.1) is 5.75 Å². The summed E-state index contributed by atoms with van der Waals surface area (Å²) in [4.78, 5) is 24.7. The highest BCUT2D eigenvalue weighted by Crippen LogP contribution is 2.18. The second kappa shape index (κ2) is 8.08. The Bertz CT molecular complexity index is 472. The number of thioether (sulfide) groups is 1. The van der Waals surface area contributed by atoms with Gasteiger partial charge < -0.3 is 10.1 Å². The number of benzene rings is 1. The summed E-state index contributed by atoms with van der Waals surface area (Å²) < 4.78 is 5.17. The normalized spacial score (nSPS) is 16.4. The van der Waals surface area contributed by atoms with E-state index in [0.717, 1.165) is 30.6 Å². The molecule has 0 radical (unpaired) electrons. The Morgan fingerprint density at radius 3 is 2.62 bits per heavy atom. The molecule has 114 valence electrons. The fraction of sp³-hybridized carbons (Fsp3) is 0.500. The highest BCUT2D eigenvalue weighted by Gasteiger charge is 2.22. The van der Waals surface area contributed by atoms with Crippen LogP contribution in [0.15, 0.2) is 35.2 Å². The van der Waals surface area contributed by atoms with Crippen molar-refractivity contribution < 1.29 is 14.3 Å². The van der Waals surface area contributed by atoms with Gasteiger partial charge in [0.1, 0.15) is 0 Å². The van der Waals surface area contributed by atoms with Crippen molar-refractivity contribution in [2.45, 2.75) is 49.6 Å². The Kier molecular flexibility index (Phi) is 6.11. The highest BCUT2D eigenvalue weighted by molar-refractivity contribution is 8.00. The molecule has 2 rings (SSSR count). The predicted octanol–water partition coefficient (Wildman–Crippen LogP) is 2.77. The van der Waals surface area contributed by atoms with Crippen LogP contribution in [0, 0.1) is 0 Å². The van der Waals surface area contributed by atoms with E-state index in [-0.39, 0.29) is 23.7 Å². The highest BCUT2D eigenvalue weighted by atomic mass is 32.2. The molecule has 0 bridgehead atoms. The average Bonchev–Trinajstić information content (AvgIpc) is 2.99. The van der Waals surface area contributed by atoms with Crippen molar-refractivity contribution in [2.75, 3.05) is 5.75 Å². The van der Waals surface area contributed by atoms with Gasteiger partial charge in [-0.1, -0.05) is 31.0 Å². The van der Waals surface area contributed by atoms with Crippen LogP contribution in [0.5, 0.6) is 0 Å². The first-order valence-corrected chi connectivity index (χ1v) is 8.31. The second-order valence-corrected chi connectivity index (χ2v) is 6.27. The number of carbonyl (C=O) groups excluding carboxylic acids is 2. The van der Waals surface area contributed by atoms with E-state index in [9.17, 15) is 9.59 Å². The van der Waals surface area contributed by atoms with Crippen LogP contribution >= 0.6 is 11.8 Å². The van der Waals surface area contributed by atoms with Crippen LogP contribution in [0.2, 0.25) is 0 Å². The third-order valence-electron chi connectivity index (χ3n) is 3.48. The zero-order valence-corrected chi connectivity index (χ0v) is 13.0. The van der Waals surface area contributed by atoms with Crippen molar-refractivity contribution in [2.24, 2.45) is 0 Å². The topological polar surface area (TPSA) is 55.4 Å². The van der Waals surface area contributed by atoms with Gasteiger partial charge in [0.25, 0.3) is 5.91 Å². The summed E-state index contributed by atoms with van der Waals surface area (Å²) >= 11 is 1.41. The van der Waals surface area contributed by atoms with Crippen LogP contribution in [0.3, 0.4) is 0 Å². The molecule has 1 aliphatic carbocycles. The lowest BCUT2D eigenvalue weighted by Gasteiger charge is -2.17. The van der Waals surface area contributed by atoms with Crippen LogP contribution in [0.1, 0.15) is 32.6 Å². The molecule has 1 N–H and O–H groups in total. The standard InChI is InChI=1S/C16H21NO3S/c1-12(16(19)17-13-7-5-6-8-13)20-15(18)11-21-14-9-3-2-4-10-14/h2-4,9-10,12-13H,5-8,11H2,1H3,(H,17,19)/t12-/m1/s1.